The van der Waals surface area contributed by atoms with Crippen molar-refractivity contribution in [1.29, 1.82) is 0 Å². The molecule has 0 saturated heterocycles. The van der Waals surface area contributed by atoms with Crippen LogP contribution in [0.15, 0.2) is 4.63 Å². The number of aromatic nitrogens is 5. The normalized spacial score (nSPS) is 10.6. The third kappa shape index (κ3) is 1.88. The van der Waals surface area contributed by atoms with Crippen molar-refractivity contribution in [2.75, 3.05) is 5.73 Å². The van der Waals surface area contributed by atoms with Crippen molar-refractivity contribution in [3.8, 4) is 5.82 Å². The van der Waals surface area contributed by atoms with Crippen LogP contribution in [0.4, 0.5) is 5.82 Å². The van der Waals surface area contributed by atoms with Gasteiger partial charge in [0.15, 0.2) is 5.69 Å². The molecule has 0 spiro atoms. The minimum atomic E-state index is -0.528. The Kier molecular flexibility index (Phi) is 3.19. The van der Waals surface area contributed by atoms with Gasteiger partial charge in [-0.05, 0) is 16.7 Å². The van der Waals surface area contributed by atoms with E-state index in [4.69, 9.17) is 11.6 Å². The number of hydrogen-bond donors (Lipinski definition) is 3. The van der Waals surface area contributed by atoms with Crippen LogP contribution in [0.1, 0.15) is 29.5 Å². The maximum atomic E-state index is 11.5. The van der Waals surface area contributed by atoms with E-state index in [9.17, 15) is 4.79 Å². The van der Waals surface area contributed by atoms with Crippen LogP contribution in [-0.4, -0.2) is 31.2 Å². The predicted octanol–water partition coefficient (Wildman–Crippen LogP) is -1.21. The number of hydrogen-bond acceptors (Lipinski definition) is 8. The number of anilines is 1. The SMILES string of the molecule is CCCc1c(C(=O)NN)nnn1-c1nonc1N. The second kappa shape index (κ2) is 4.79. The van der Waals surface area contributed by atoms with Gasteiger partial charge >= 0.3 is 0 Å². The summed E-state index contributed by atoms with van der Waals surface area (Å²) < 4.78 is 5.81. The van der Waals surface area contributed by atoms with Gasteiger partial charge in [0.05, 0.1) is 5.69 Å². The van der Waals surface area contributed by atoms with Gasteiger partial charge < -0.3 is 5.73 Å². The lowest BCUT2D eigenvalue weighted by atomic mass is 10.2. The highest BCUT2D eigenvalue weighted by molar-refractivity contribution is 5.92. The van der Waals surface area contributed by atoms with Crippen molar-refractivity contribution in [3.05, 3.63) is 11.4 Å². The Hall–Kier alpha value is -2.49. The minimum Gasteiger partial charge on any atom is -0.378 e. The second-order valence-electron chi connectivity index (χ2n) is 3.49. The van der Waals surface area contributed by atoms with Gasteiger partial charge in [0.1, 0.15) is 0 Å². The number of nitrogen functional groups attached to an aromatic ring is 2. The first-order valence-corrected chi connectivity index (χ1v) is 5.23. The fourth-order valence-corrected chi connectivity index (χ4v) is 1.52. The third-order valence-corrected chi connectivity index (χ3v) is 2.29. The van der Waals surface area contributed by atoms with E-state index in [2.05, 4.69) is 25.3 Å². The van der Waals surface area contributed by atoms with E-state index in [1.807, 2.05) is 12.3 Å². The Morgan fingerprint density at radius 1 is 1.50 bits per heavy atom. The molecule has 2 aromatic heterocycles. The van der Waals surface area contributed by atoms with Crippen LogP contribution in [0.3, 0.4) is 0 Å². The van der Waals surface area contributed by atoms with E-state index in [-0.39, 0.29) is 17.3 Å². The summed E-state index contributed by atoms with van der Waals surface area (Å²) in [6, 6.07) is 0. The van der Waals surface area contributed by atoms with Crippen LogP contribution >= 0.6 is 0 Å². The molecule has 0 saturated carbocycles. The summed E-state index contributed by atoms with van der Waals surface area (Å²) >= 11 is 0. The molecule has 0 atom stereocenters. The monoisotopic (exact) mass is 252 g/mol. The van der Waals surface area contributed by atoms with Gasteiger partial charge in [0.2, 0.25) is 11.6 Å². The Morgan fingerprint density at radius 3 is 2.83 bits per heavy atom. The first-order chi connectivity index (χ1) is 8.69. The molecular formula is C8H12N8O2. The summed E-state index contributed by atoms with van der Waals surface area (Å²) in [6.07, 6.45) is 1.34. The van der Waals surface area contributed by atoms with Gasteiger partial charge in [-0.3, -0.25) is 10.2 Å². The summed E-state index contributed by atoms with van der Waals surface area (Å²) in [4.78, 5) is 11.5. The molecule has 2 rings (SSSR count). The van der Waals surface area contributed by atoms with Crippen LogP contribution in [0, 0.1) is 0 Å². The van der Waals surface area contributed by atoms with Crippen molar-refractivity contribution < 1.29 is 9.42 Å². The zero-order chi connectivity index (χ0) is 13.1. The fourth-order valence-electron chi connectivity index (χ4n) is 1.52. The van der Waals surface area contributed by atoms with E-state index in [0.717, 1.165) is 6.42 Å². The summed E-state index contributed by atoms with van der Waals surface area (Å²) in [5, 5.41) is 14.6. The zero-order valence-corrected chi connectivity index (χ0v) is 9.62. The Labute approximate surface area is 101 Å². The molecule has 0 aliphatic heterocycles. The molecule has 96 valence electrons. The molecular weight excluding hydrogens is 240 g/mol. The lowest BCUT2D eigenvalue weighted by Crippen LogP contribution is -2.31. The lowest BCUT2D eigenvalue weighted by Gasteiger charge is -2.03. The fraction of sp³-hybridized carbons (Fsp3) is 0.375. The van der Waals surface area contributed by atoms with E-state index >= 15 is 0 Å². The van der Waals surface area contributed by atoms with E-state index in [1.54, 1.807) is 0 Å². The van der Waals surface area contributed by atoms with E-state index < -0.39 is 5.91 Å². The average Bonchev–Trinajstić information content (AvgIpc) is 2.95. The van der Waals surface area contributed by atoms with Crippen LogP contribution in [0.5, 0.6) is 0 Å². The molecule has 2 heterocycles. The number of rotatable bonds is 4. The molecule has 0 aromatic carbocycles. The predicted molar refractivity (Wildman–Crippen MR) is 59.3 cm³/mol. The number of hydrazine groups is 1. The molecule has 5 N–H and O–H groups in total. The molecule has 10 nitrogen and oxygen atoms in total. The third-order valence-electron chi connectivity index (χ3n) is 2.29. The molecule has 0 bridgehead atoms. The smallest absolute Gasteiger partial charge is 0.287 e. The van der Waals surface area contributed by atoms with Crippen molar-refractivity contribution in [1.82, 2.24) is 30.7 Å². The van der Waals surface area contributed by atoms with Crippen molar-refractivity contribution in [3.63, 3.8) is 0 Å². The van der Waals surface area contributed by atoms with Gasteiger partial charge in [-0.15, -0.1) is 5.10 Å². The number of nitrogens with zero attached hydrogens (tertiary/aromatic N) is 5. The van der Waals surface area contributed by atoms with Crippen molar-refractivity contribution in [2.45, 2.75) is 19.8 Å². The highest BCUT2D eigenvalue weighted by Gasteiger charge is 2.22. The molecule has 1 amide bonds. The zero-order valence-electron chi connectivity index (χ0n) is 9.62. The van der Waals surface area contributed by atoms with Gasteiger partial charge in [-0.1, -0.05) is 18.6 Å². The van der Waals surface area contributed by atoms with E-state index in [0.29, 0.717) is 12.1 Å². The molecule has 0 radical (unpaired) electrons. The Morgan fingerprint density at radius 2 is 2.28 bits per heavy atom. The van der Waals surface area contributed by atoms with Crippen LogP contribution in [0.25, 0.3) is 5.82 Å². The number of nitrogens with one attached hydrogen (secondary N) is 1. The minimum absolute atomic E-state index is 0.0666. The summed E-state index contributed by atoms with van der Waals surface area (Å²) in [5.41, 5.74) is 8.25. The number of nitrogens with two attached hydrogens (primary N) is 2. The highest BCUT2D eigenvalue weighted by Crippen LogP contribution is 2.16. The number of carbonyl (C=O) groups is 1. The van der Waals surface area contributed by atoms with Crippen LogP contribution in [-0.2, 0) is 6.42 Å². The molecule has 0 aliphatic rings. The van der Waals surface area contributed by atoms with Crippen molar-refractivity contribution in [2.24, 2.45) is 5.84 Å². The largest absolute Gasteiger partial charge is 0.378 e. The van der Waals surface area contributed by atoms with Gasteiger partial charge in [0.25, 0.3) is 5.91 Å². The quantitative estimate of drug-likeness (QED) is 0.348. The molecule has 2 aromatic rings. The van der Waals surface area contributed by atoms with E-state index in [1.165, 1.54) is 4.68 Å². The summed E-state index contributed by atoms with van der Waals surface area (Å²) in [7, 11) is 0. The first kappa shape index (κ1) is 12.0. The maximum absolute atomic E-state index is 11.5. The van der Waals surface area contributed by atoms with Crippen molar-refractivity contribution >= 4 is 11.7 Å². The van der Waals surface area contributed by atoms with Gasteiger partial charge in [-0.25, -0.2) is 10.5 Å². The average molecular weight is 252 g/mol. The van der Waals surface area contributed by atoms with Gasteiger partial charge in [-0.2, -0.15) is 4.68 Å². The molecule has 0 aliphatic carbocycles. The Bertz CT molecular complexity index is 559. The topological polar surface area (TPSA) is 151 Å². The molecule has 18 heavy (non-hydrogen) atoms. The number of amides is 1. The standard InChI is InChI=1S/C8H12N8O2/c1-2-3-4-5(8(17)11-10)12-15-16(4)7-6(9)13-18-14-7/h2-3,10H2,1H3,(H2,9,13)(H,11,17). The van der Waals surface area contributed by atoms with Crippen LogP contribution < -0.4 is 17.0 Å². The maximum Gasteiger partial charge on any atom is 0.287 e. The molecule has 10 heteroatoms. The first-order valence-electron chi connectivity index (χ1n) is 5.23. The molecule has 0 unspecified atom stereocenters. The highest BCUT2D eigenvalue weighted by atomic mass is 16.6. The summed E-state index contributed by atoms with van der Waals surface area (Å²) in [6.45, 7) is 1.95. The molecule has 0 fully saturated rings. The lowest BCUT2D eigenvalue weighted by molar-refractivity contribution is 0.0947. The van der Waals surface area contributed by atoms with Gasteiger partial charge in [0, 0.05) is 0 Å². The second-order valence-corrected chi connectivity index (χ2v) is 3.49. The summed E-state index contributed by atoms with van der Waals surface area (Å²) in [5.74, 6) is 4.81. The van der Waals surface area contributed by atoms with Crippen LogP contribution in [0.2, 0.25) is 0 Å². The number of carbonyl (C=O) groups excluding carboxylic acids is 1. The Balaban J connectivity index is 2.52.